The summed E-state index contributed by atoms with van der Waals surface area (Å²) < 4.78 is 42.0. The van der Waals surface area contributed by atoms with Crippen molar-refractivity contribution in [2.45, 2.75) is 46.5 Å². The summed E-state index contributed by atoms with van der Waals surface area (Å²) in [6.45, 7) is 7.01. The van der Waals surface area contributed by atoms with Gasteiger partial charge < -0.3 is 5.32 Å². The Morgan fingerprint density at radius 1 is 1.16 bits per heavy atom. The molecule has 1 atom stereocenters. The Labute approximate surface area is 190 Å². The molecule has 1 amide bonds. The minimum Gasteiger partial charge on any atom is -0.321 e. The lowest BCUT2D eigenvalue weighted by Crippen LogP contribution is -2.26. The molecule has 31 heavy (non-hydrogen) atoms. The van der Waals surface area contributed by atoms with Gasteiger partial charge in [0.05, 0.1) is 33.8 Å². The van der Waals surface area contributed by atoms with Crippen LogP contribution >= 0.6 is 27.5 Å². The van der Waals surface area contributed by atoms with E-state index in [1.54, 1.807) is 23.7 Å². The van der Waals surface area contributed by atoms with Crippen LogP contribution in [0.4, 0.5) is 18.9 Å². The highest BCUT2D eigenvalue weighted by molar-refractivity contribution is 9.10. The zero-order valence-corrected chi connectivity index (χ0v) is 19.5. The van der Waals surface area contributed by atoms with Crippen molar-refractivity contribution in [1.29, 1.82) is 0 Å². The number of carbonyl (C=O) groups excluding carboxylic acids is 1. The Kier molecular flexibility index (Phi) is 6.52. The normalized spacial score (nSPS) is 12.8. The van der Waals surface area contributed by atoms with E-state index < -0.39 is 23.8 Å². The maximum absolute atomic E-state index is 13.1. The first kappa shape index (κ1) is 23.3. The molecule has 0 spiro atoms. The SMILES string of the molecule is Cc1nn(Cc2ccc(Cl)cc2)c(C)c1NC(=O)C(C)n1nc(C(F)(F)F)c(Br)c1C. The molecule has 0 aliphatic carbocycles. The fourth-order valence-electron chi connectivity index (χ4n) is 3.19. The largest absolute Gasteiger partial charge is 0.436 e. The number of hydrogen-bond donors (Lipinski definition) is 1. The number of anilines is 1. The number of alkyl halides is 3. The van der Waals surface area contributed by atoms with Crippen molar-refractivity contribution in [3.05, 3.63) is 62.1 Å². The van der Waals surface area contributed by atoms with Crippen LogP contribution in [-0.2, 0) is 17.5 Å². The van der Waals surface area contributed by atoms with Gasteiger partial charge in [-0.25, -0.2) is 0 Å². The van der Waals surface area contributed by atoms with Crippen LogP contribution in [0.2, 0.25) is 5.02 Å². The first-order valence-electron chi connectivity index (χ1n) is 9.31. The van der Waals surface area contributed by atoms with Gasteiger partial charge in [0.2, 0.25) is 5.91 Å². The molecule has 0 saturated carbocycles. The lowest BCUT2D eigenvalue weighted by molar-refractivity contribution is -0.142. The van der Waals surface area contributed by atoms with Gasteiger partial charge in [-0.3, -0.25) is 14.2 Å². The number of amides is 1. The molecule has 0 fully saturated rings. The van der Waals surface area contributed by atoms with Crippen LogP contribution in [0.15, 0.2) is 28.7 Å². The van der Waals surface area contributed by atoms with Crippen molar-refractivity contribution in [3.63, 3.8) is 0 Å². The molecule has 1 aromatic carbocycles. The molecular weight excluding hydrogens is 499 g/mol. The molecule has 0 saturated heterocycles. The molecule has 6 nitrogen and oxygen atoms in total. The van der Waals surface area contributed by atoms with Gasteiger partial charge in [-0.15, -0.1) is 0 Å². The molecular formula is C20H20BrClF3N5O. The predicted molar refractivity (Wildman–Crippen MR) is 115 cm³/mol. The van der Waals surface area contributed by atoms with Crippen molar-refractivity contribution >= 4 is 39.1 Å². The lowest BCUT2D eigenvalue weighted by Gasteiger charge is -2.15. The predicted octanol–water partition coefficient (Wildman–Crippen LogP) is 5.69. The highest BCUT2D eigenvalue weighted by Crippen LogP contribution is 2.36. The van der Waals surface area contributed by atoms with Crippen LogP contribution in [0.5, 0.6) is 0 Å². The summed E-state index contributed by atoms with van der Waals surface area (Å²) in [4.78, 5) is 12.8. The molecule has 1 N–H and O–H groups in total. The molecule has 166 valence electrons. The average molecular weight is 519 g/mol. The van der Waals surface area contributed by atoms with Crippen LogP contribution in [0.1, 0.15) is 41.3 Å². The molecule has 0 radical (unpaired) electrons. The van der Waals surface area contributed by atoms with E-state index in [1.807, 2.05) is 19.1 Å². The van der Waals surface area contributed by atoms with Crippen LogP contribution in [-0.4, -0.2) is 25.5 Å². The maximum atomic E-state index is 13.1. The zero-order valence-electron chi connectivity index (χ0n) is 17.2. The zero-order chi connectivity index (χ0) is 23.1. The Morgan fingerprint density at radius 2 is 1.77 bits per heavy atom. The van der Waals surface area contributed by atoms with Gasteiger partial charge in [-0.2, -0.15) is 23.4 Å². The molecule has 1 unspecified atom stereocenters. The third kappa shape index (κ3) is 4.79. The van der Waals surface area contributed by atoms with Crippen molar-refractivity contribution < 1.29 is 18.0 Å². The number of aromatic nitrogens is 4. The van der Waals surface area contributed by atoms with Crippen molar-refractivity contribution in [1.82, 2.24) is 19.6 Å². The third-order valence-electron chi connectivity index (χ3n) is 4.97. The first-order valence-corrected chi connectivity index (χ1v) is 10.5. The second kappa shape index (κ2) is 8.66. The second-order valence-corrected chi connectivity index (χ2v) is 8.41. The Hall–Kier alpha value is -2.33. The van der Waals surface area contributed by atoms with Gasteiger partial charge in [0.25, 0.3) is 0 Å². The molecule has 2 heterocycles. The van der Waals surface area contributed by atoms with E-state index in [9.17, 15) is 18.0 Å². The van der Waals surface area contributed by atoms with Gasteiger partial charge in [0, 0.05) is 5.02 Å². The Bertz CT molecular complexity index is 1120. The first-order chi connectivity index (χ1) is 14.4. The van der Waals surface area contributed by atoms with Crippen molar-refractivity contribution in [2.75, 3.05) is 5.32 Å². The van der Waals surface area contributed by atoms with Crippen LogP contribution < -0.4 is 5.32 Å². The van der Waals surface area contributed by atoms with Crippen LogP contribution in [0.25, 0.3) is 0 Å². The van der Waals surface area contributed by atoms with E-state index in [-0.39, 0.29) is 10.2 Å². The number of hydrogen-bond acceptors (Lipinski definition) is 3. The molecule has 11 heteroatoms. The quantitative estimate of drug-likeness (QED) is 0.472. The number of benzene rings is 1. The third-order valence-corrected chi connectivity index (χ3v) is 6.17. The fourth-order valence-corrected chi connectivity index (χ4v) is 3.80. The summed E-state index contributed by atoms with van der Waals surface area (Å²) in [7, 11) is 0. The number of rotatable bonds is 5. The number of aryl methyl sites for hydroxylation is 1. The second-order valence-electron chi connectivity index (χ2n) is 7.19. The highest BCUT2D eigenvalue weighted by atomic mass is 79.9. The lowest BCUT2D eigenvalue weighted by atomic mass is 10.2. The van der Waals surface area contributed by atoms with Gasteiger partial charge >= 0.3 is 6.18 Å². The minimum absolute atomic E-state index is 0.178. The van der Waals surface area contributed by atoms with Crippen molar-refractivity contribution in [2.24, 2.45) is 0 Å². The molecule has 0 aliphatic heterocycles. The van der Waals surface area contributed by atoms with E-state index in [0.29, 0.717) is 22.9 Å². The highest BCUT2D eigenvalue weighted by Gasteiger charge is 2.39. The summed E-state index contributed by atoms with van der Waals surface area (Å²) in [5.41, 5.74) is 1.97. The van der Waals surface area contributed by atoms with Gasteiger partial charge in [-0.05, 0) is 61.3 Å². The van der Waals surface area contributed by atoms with Gasteiger partial charge in [-0.1, -0.05) is 23.7 Å². The summed E-state index contributed by atoms with van der Waals surface area (Å²) >= 11 is 8.84. The summed E-state index contributed by atoms with van der Waals surface area (Å²) in [6.07, 6.45) is -4.62. The van der Waals surface area contributed by atoms with E-state index in [4.69, 9.17) is 11.6 Å². The van der Waals surface area contributed by atoms with Gasteiger partial charge in [0.1, 0.15) is 6.04 Å². The average Bonchev–Trinajstić information content (AvgIpc) is 3.13. The number of carbonyl (C=O) groups is 1. The van der Waals surface area contributed by atoms with E-state index in [2.05, 4.69) is 31.4 Å². The fraction of sp³-hybridized carbons (Fsp3) is 0.350. The minimum atomic E-state index is -4.62. The standard InChI is InChI=1S/C20H20BrClF3N5O/c1-10-17(12(3)29(27-10)9-14-5-7-15(22)8-6-14)26-19(31)13(4)30-11(2)16(21)18(28-30)20(23,24)25/h5-8,13H,9H2,1-4H3,(H,26,31). The summed E-state index contributed by atoms with van der Waals surface area (Å²) in [5.74, 6) is -0.496. The Balaban J connectivity index is 1.82. The van der Waals surface area contributed by atoms with Crippen LogP contribution in [0.3, 0.4) is 0 Å². The van der Waals surface area contributed by atoms with E-state index >= 15 is 0 Å². The maximum Gasteiger partial charge on any atom is 0.436 e. The monoisotopic (exact) mass is 517 g/mol. The molecule has 0 bridgehead atoms. The smallest absolute Gasteiger partial charge is 0.321 e. The molecule has 3 rings (SSSR count). The van der Waals surface area contributed by atoms with Gasteiger partial charge in [0.15, 0.2) is 5.69 Å². The number of nitrogens with zero attached hydrogens (tertiary/aromatic N) is 4. The Morgan fingerprint density at radius 3 is 2.32 bits per heavy atom. The summed E-state index contributed by atoms with van der Waals surface area (Å²) in [5, 5.41) is 11.5. The van der Waals surface area contributed by atoms with E-state index in [0.717, 1.165) is 15.9 Å². The van der Waals surface area contributed by atoms with Crippen LogP contribution in [0, 0.1) is 20.8 Å². The molecule has 0 aliphatic rings. The van der Waals surface area contributed by atoms with E-state index in [1.165, 1.54) is 13.8 Å². The topological polar surface area (TPSA) is 64.7 Å². The molecule has 2 aromatic heterocycles. The molecule has 3 aromatic rings. The van der Waals surface area contributed by atoms with Crippen molar-refractivity contribution in [3.8, 4) is 0 Å². The number of nitrogens with one attached hydrogen (secondary N) is 1. The summed E-state index contributed by atoms with van der Waals surface area (Å²) in [6, 6.07) is 6.37. The number of halogens is 5.